The zero-order chi connectivity index (χ0) is 12.5. The Balaban J connectivity index is 1.72. The monoisotopic (exact) mass is 260 g/mol. The average Bonchev–Trinajstić information content (AvgIpc) is 2.91. The van der Waals surface area contributed by atoms with E-state index < -0.39 is 10.0 Å². The Bertz CT molecular complexity index is 361. The van der Waals surface area contributed by atoms with Gasteiger partial charge in [0.25, 0.3) is 0 Å². The van der Waals surface area contributed by atoms with Crippen LogP contribution in [0, 0.1) is 5.41 Å². The predicted octanol–water partition coefficient (Wildman–Crippen LogP) is 1.24. The van der Waals surface area contributed by atoms with E-state index in [9.17, 15) is 8.42 Å². The van der Waals surface area contributed by atoms with E-state index in [4.69, 9.17) is 0 Å². The van der Waals surface area contributed by atoms with Gasteiger partial charge in [0, 0.05) is 18.6 Å². The molecule has 0 amide bonds. The molecular formula is C12H24N2O2S. The van der Waals surface area contributed by atoms with Crippen LogP contribution >= 0.6 is 0 Å². The third-order valence-corrected chi connectivity index (χ3v) is 5.13. The summed E-state index contributed by atoms with van der Waals surface area (Å²) in [5.41, 5.74) is 0.291. The van der Waals surface area contributed by atoms with Crippen LogP contribution in [0.15, 0.2) is 0 Å². The van der Waals surface area contributed by atoms with Crippen LogP contribution in [0.1, 0.15) is 46.0 Å². The zero-order valence-corrected chi connectivity index (χ0v) is 11.6. The number of hydrogen-bond donors (Lipinski definition) is 2. The van der Waals surface area contributed by atoms with Gasteiger partial charge in [-0.05, 0) is 37.5 Å². The maximum atomic E-state index is 11.8. The van der Waals surface area contributed by atoms with E-state index in [1.165, 1.54) is 12.8 Å². The van der Waals surface area contributed by atoms with Crippen LogP contribution in [0.2, 0.25) is 0 Å². The van der Waals surface area contributed by atoms with Gasteiger partial charge in [0.15, 0.2) is 0 Å². The molecule has 0 saturated heterocycles. The van der Waals surface area contributed by atoms with Crippen LogP contribution in [-0.2, 0) is 10.0 Å². The number of nitrogens with one attached hydrogen (secondary N) is 2. The number of sulfonamides is 1. The third kappa shape index (κ3) is 4.56. The molecule has 0 bridgehead atoms. The largest absolute Gasteiger partial charge is 0.313 e. The van der Waals surface area contributed by atoms with Crippen molar-refractivity contribution >= 4 is 10.0 Å². The maximum absolute atomic E-state index is 11.8. The fourth-order valence-electron chi connectivity index (χ4n) is 2.53. The Morgan fingerprint density at radius 3 is 2.41 bits per heavy atom. The molecule has 0 heterocycles. The Morgan fingerprint density at radius 2 is 1.88 bits per heavy atom. The van der Waals surface area contributed by atoms with Crippen molar-refractivity contribution in [3.05, 3.63) is 0 Å². The molecule has 2 saturated carbocycles. The van der Waals surface area contributed by atoms with Gasteiger partial charge in [0.2, 0.25) is 10.0 Å². The maximum Gasteiger partial charge on any atom is 0.213 e. The number of rotatable bonds is 6. The predicted molar refractivity (Wildman–Crippen MR) is 69.4 cm³/mol. The van der Waals surface area contributed by atoms with E-state index >= 15 is 0 Å². The van der Waals surface area contributed by atoms with Crippen molar-refractivity contribution in [3.63, 3.8) is 0 Å². The first kappa shape index (κ1) is 13.3. The normalized spacial score (nSPS) is 28.5. The van der Waals surface area contributed by atoms with Crippen LogP contribution in [0.5, 0.6) is 0 Å². The van der Waals surface area contributed by atoms with Gasteiger partial charge in [-0.2, -0.15) is 0 Å². The molecule has 0 aromatic carbocycles. The summed E-state index contributed by atoms with van der Waals surface area (Å²) in [4.78, 5) is 0. The van der Waals surface area contributed by atoms with Gasteiger partial charge in [-0.1, -0.05) is 13.8 Å². The van der Waals surface area contributed by atoms with Crippen LogP contribution < -0.4 is 10.0 Å². The van der Waals surface area contributed by atoms with Crippen molar-refractivity contribution in [2.24, 2.45) is 5.41 Å². The molecule has 1 atom stereocenters. The van der Waals surface area contributed by atoms with Gasteiger partial charge in [0.05, 0.1) is 5.75 Å². The van der Waals surface area contributed by atoms with Crippen molar-refractivity contribution in [2.45, 2.75) is 58.0 Å². The molecule has 0 aromatic heterocycles. The minimum atomic E-state index is -3.10. The first-order valence-corrected chi connectivity index (χ1v) is 8.25. The molecule has 2 aliphatic rings. The van der Waals surface area contributed by atoms with E-state index in [1.54, 1.807) is 0 Å². The lowest BCUT2D eigenvalue weighted by atomic mass is 9.92. The van der Waals surface area contributed by atoms with E-state index in [2.05, 4.69) is 23.9 Å². The zero-order valence-electron chi connectivity index (χ0n) is 10.8. The molecule has 0 aliphatic heterocycles. The van der Waals surface area contributed by atoms with Gasteiger partial charge in [0.1, 0.15) is 0 Å². The lowest BCUT2D eigenvalue weighted by molar-refractivity contribution is 0.372. The summed E-state index contributed by atoms with van der Waals surface area (Å²) in [6.07, 6.45) is 5.44. The Hall–Kier alpha value is -0.130. The molecule has 2 rings (SSSR count). The van der Waals surface area contributed by atoms with Crippen molar-refractivity contribution in [1.82, 2.24) is 10.0 Å². The molecule has 4 nitrogen and oxygen atoms in total. The van der Waals surface area contributed by atoms with E-state index in [1.807, 2.05) is 0 Å². The van der Waals surface area contributed by atoms with Gasteiger partial charge >= 0.3 is 0 Å². The highest BCUT2D eigenvalue weighted by Gasteiger charge is 2.33. The molecule has 2 fully saturated rings. The van der Waals surface area contributed by atoms with Crippen LogP contribution in [0.4, 0.5) is 0 Å². The third-order valence-electron chi connectivity index (χ3n) is 3.70. The summed E-state index contributed by atoms with van der Waals surface area (Å²) in [5, 5.41) is 3.23. The molecule has 5 heteroatoms. The highest BCUT2D eigenvalue weighted by atomic mass is 32.2. The second-order valence-corrected chi connectivity index (χ2v) is 8.14. The van der Waals surface area contributed by atoms with Crippen molar-refractivity contribution in [3.8, 4) is 0 Å². The first-order valence-electron chi connectivity index (χ1n) is 6.60. The molecule has 0 aromatic rings. The summed E-state index contributed by atoms with van der Waals surface area (Å²) in [5.74, 6) is 0.209. The van der Waals surface area contributed by atoms with Crippen molar-refractivity contribution in [1.29, 1.82) is 0 Å². The highest BCUT2D eigenvalue weighted by molar-refractivity contribution is 7.89. The molecule has 2 aliphatic carbocycles. The quantitative estimate of drug-likeness (QED) is 0.755. The van der Waals surface area contributed by atoms with Gasteiger partial charge < -0.3 is 5.32 Å². The number of hydrogen-bond acceptors (Lipinski definition) is 3. The lowest BCUT2D eigenvalue weighted by Crippen LogP contribution is -2.38. The molecule has 2 N–H and O–H groups in total. The SMILES string of the molecule is CC1(C)CCC(NS(=O)(=O)CCNC2CC2)C1. The van der Waals surface area contributed by atoms with E-state index in [0.717, 1.165) is 19.3 Å². The Kier molecular flexibility index (Phi) is 3.80. The van der Waals surface area contributed by atoms with E-state index in [0.29, 0.717) is 18.0 Å². The summed E-state index contributed by atoms with van der Waals surface area (Å²) in [6.45, 7) is 4.99. The highest BCUT2D eigenvalue weighted by Crippen LogP contribution is 2.37. The Labute approximate surface area is 105 Å². The fraction of sp³-hybridized carbons (Fsp3) is 1.00. The minimum absolute atomic E-state index is 0.149. The second kappa shape index (κ2) is 4.86. The first-order chi connectivity index (χ1) is 7.86. The lowest BCUT2D eigenvalue weighted by Gasteiger charge is -2.18. The standard InChI is InChI=1S/C12H24N2O2S/c1-12(2)6-5-11(9-12)14-17(15,16)8-7-13-10-3-4-10/h10-11,13-14H,3-9H2,1-2H3. The molecular weight excluding hydrogens is 236 g/mol. The van der Waals surface area contributed by atoms with Gasteiger partial charge in [-0.15, -0.1) is 0 Å². The van der Waals surface area contributed by atoms with Crippen molar-refractivity contribution < 1.29 is 8.42 Å². The topological polar surface area (TPSA) is 58.2 Å². The van der Waals surface area contributed by atoms with Crippen LogP contribution in [0.25, 0.3) is 0 Å². The molecule has 0 spiro atoms. The summed E-state index contributed by atoms with van der Waals surface area (Å²) < 4.78 is 26.5. The van der Waals surface area contributed by atoms with E-state index in [-0.39, 0.29) is 11.8 Å². The fourth-order valence-corrected chi connectivity index (χ4v) is 3.75. The van der Waals surface area contributed by atoms with Crippen LogP contribution in [0.3, 0.4) is 0 Å². The van der Waals surface area contributed by atoms with Gasteiger partial charge in [-0.25, -0.2) is 13.1 Å². The van der Waals surface area contributed by atoms with Gasteiger partial charge in [-0.3, -0.25) is 0 Å². The summed E-state index contributed by atoms with van der Waals surface area (Å²) >= 11 is 0. The Morgan fingerprint density at radius 1 is 1.18 bits per heavy atom. The second-order valence-electron chi connectivity index (χ2n) is 6.27. The molecule has 100 valence electrons. The molecule has 0 radical (unpaired) electrons. The summed E-state index contributed by atoms with van der Waals surface area (Å²) in [7, 11) is -3.10. The minimum Gasteiger partial charge on any atom is -0.313 e. The molecule has 17 heavy (non-hydrogen) atoms. The smallest absolute Gasteiger partial charge is 0.213 e. The average molecular weight is 260 g/mol. The van der Waals surface area contributed by atoms with Crippen molar-refractivity contribution in [2.75, 3.05) is 12.3 Å². The summed E-state index contributed by atoms with van der Waals surface area (Å²) in [6, 6.07) is 0.728. The van der Waals surface area contributed by atoms with Crippen LogP contribution in [-0.4, -0.2) is 32.8 Å². The molecule has 1 unspecified atom stereocenters.